The lowest BCUT2D eigenvalue weighted by Crippen LogP contribution is -2.30. The Kier molecular flexibility index (Phi) is 48.4. The molecule has 62 heavy (non-hydrogen) atoms. The van der Waals surface area contributed by atoms with Crippen molar-refractivity contribution in [2.24, 2.45) is 0 Å². The molecule has 0 radical (unpaired) electrons. The van der Waals surface area contributed by atoms with Gasteiger partial charge in [0.2, 0.25) is 0 Å². The molecule has 358 valence electrons. The number of carbonyl (C=O) groups is 3. The monoisotopic (exact) mass is 867 g/mol. The maximum absolute atomic E-state index is 12.8. The number of hydrogen-bond donors (Lipinski definition) is 0. The number of carbonyl (C=O) groups excluding carboxylic acids is 3. The van der Waals surface area contributed by atoms with Crippen molar-refractivity contribution in [3.63, 3.8) is 0 Å². The van der Waals surface area contributed by atoms with Crippen molar-refractivity contribution in [1.82, 2.24) is 0 Å². The quantitative estimate of drug-likeness (QED) is 0.0262. The molecule has 0 aromatic rings. The summed E-state index contributed by atoms with van der Waals surface area (Å²) in [5.74, 6) is -0.933. The maximum Gasteiger partial charge on any atom is 0.306 e. The first kappa shape index (κ1) is 59.1. The van der Waals surface area contributed by atoms with E-state index in [4.69, 9.17) is 14.2 Å². The highest BCUT2D eigenvalue weighted by atomic mass is 16.6. The fraction of sp³-hybridized carbons (Fsp3) is 0.768. The van der Waals surface area contributed by atoms with Gasteiger partial charge in [-0.2, -0.15) is 0 Å². The van der Waals surface area contributed by atoms with Gasteiger partial charge in [0.05, 0.1) is 0 Å². The first-order chi connectivity index (χ1) is 30.5. The molecular weight excluding hydrogens is 769 g/mol. The summed E-state index contributed by atoms with van der Waals surface area (Å²) in [4.78, 5) is 38.0. The van der Waals surface area contributed by atoms with Crippen LogP contribution in [-0.4, -0.2) is 37.2 Å². The van der Waals surface area contributed by atoms with E-state index >= 15 is 0 Å². The summed E-state index contributed by atoms with van der Waals surface area (Å²) < 4.78 is 16.8. The second-order valence-corrected chi connectivity index (χ2v) is 17.4. The number of ether oxygens (including phenoxy) is 3. The molecule has 0 saturated heterocycles. The van der Waals surface area contributed by atoms with Crippen LogP contribution in [0.25, 0.3) is 0 Å². The van der Waals surface area contributed by atoms with Gasteiger partial charge in [-0.25, -0.2) is 0 Å². The van der Waals surface area contributed by atoms with Gasteiger partial charge < -0.3 is 14.2 Å². The van der Waals surface area contributed by atoms with Crippen LogP contribution in [0, 0.1) is 0 Å². The first-order valence-corrected chi connectivity index (χ1v) is 26.3. The zero-order chi connectivity index (χ0) is 45.1. The van der Waals surface area contributed by atoms with Crippen molar-refractivity contribution < 1.29 is 28.6 Å². The van der Waals surface area contributed by atoms with Crippen LogP contribution >= 0.6 is 0 Å². The Morgan fingerprint density at radius 1 is 0.339 bits per heavy atom. The summed E-state index contributed by atoms with van der Waals surface area (Å²) in [5.41, 5.74) is 0. The minimum atomic E-state index is -0.791. The Labute approximate surface area is 383 Å². The second-order valence-electron chi connectivity index (χ2n) is 17.4. The van der Waals surface area contributed by atoms with Gasteiger partial charge >= 0.3 is 17.9 Å². The smallest absolute Gasteiger partial charge is 0.306 e. The van der Waals surface area contributed by atoms with Crippen LogP contribution in [0.15, 0.2) is 60.8 Å². The van der Waals surface area contributed by atoms with Gasteiger partial charge in [0.1, 0.15) is 13.2 Å². The van der Waals surface area contributed by atoms with Crippen molar-refractivity contribution in [3.05, 3.63) is 60.8 Å². The van der Waals surface area contributed by atoms with Crippen LogP contribution in [0.5, 0.6) is 0 Å². The van der Waals surface area contributed by atoms with Crippen LogP contribution in [-0.2, 0) is 28.6 Å². The second kappa shape index (κ2) is 50.8. The summed E-state index contributed by atoms with van der Waals surface area (Å²) >= 11 is 0. The summed E-state index contributed by atoms with van der Waals surface area (Å²) in [7, 11) is 0. The molecule has 0 saturated carbocycles. The lowest BCUT2D eigenvalue weighted by molar-refractivity contribution is -0.167. The van der Waals surface area contributed by atoms with E-state index in [1.807, 2.05) is 0 Å². The minimum absolute atomic E-state index is 0.0898. The molecule has 1 unspecified atom stereocenters. The van der Waals surface area contributed by atoms with Crippen molar-refractivity contribution in [2.45, 2.75) is 264 Å². The normalized spacial score (nSPS) is 12.5. The van der Waals surface area contributed by atoms with Crippen molar-refractivity contribution in [2.75, 3.05) is 13.2 Å². The Morgan fingerprint density at radius 2 is 0.629 bits per heavy atom. The molecule has 0 spiro atoms. The molecular formula is C56H98O6. The van der Waals surface area contributed by atoms with E-state index in [0.717, 1.165) is 89.9 Å². The molecule has 0 fully saturated rings. The van der Waals surface area contributed by atoms with Gasteiger partial charge in [-0.1, -0.05) is 216 Å². The molecule has 0 aromatic carbocycles. The predicted molar refractivity (Wildman–Crippen MR) is 265 cm³/mol. The summed E-state index contributed by atoms with van der Waals surface area (Å²) in [6.45, 7) is 6.48. The molecule has 6 nitrogen and oxygen atoms in total. The van der Waals surface area contributed by atoms with Crippen LogP contribution in [0.2, 0.25) is 0 Å². The van der Waals surface area contributed by atoms with E-state index < -0.39 is 6.10 Å². The molecule has 0 bridgehead atoms. The SMILES string of the molecule is CC/C=C\C/C=C\C/C=C\C/C=C\CCCCC(=O)OCC(COC(=O)CCCCCCC/C=C\CCCCCCC)OC(=O)CCCCCCCCCCCCCCCCC. The third-order valence-corrected chi connectivity index (χ3v) is 11.3. The predicted octanol–water partition coefficient (Wildman–Crippen LogP) is 17.3. The lowest BCUT2D eigenvalue weighted by atomic mass is 10.0. The molecule has 0 heterocycles. The zero-order valence-corrected chi connectivity index (χ0v) is 40.9. The van der Waals surface area contributed by atoms with Crippen molar-refractivity contribution >= 4 is 17.9 Å². The average Bonchev–Trinajstić information content (AvgIpc) is 3.27. The summed E-state index contributed by atoms with van der Waals surface area (Å²) in [6.07, 6.45) is 62.0. The molecule has 0 N–H and O–H groups in total. The fourth-order valence-electron chi connectivity index (χ4n) is 7.31. The van der Waals surface area contributed by atoms with E-state index in [1.165, 1.54) is 128 Å². The lowest BCUT2D eigenvalue weighted by Gasteiger charge is -2.18. The first-order valence-electron chi connectivity index (χ1n) is 26.3. The Balaban J connectivity index is 4.44. The molecule has 0 aliphatic heterocycles. The topological polar surface area (TPSA) is 78.9 Å². The van der Waals surface area contributed by atoms with Crippen LogP contribution in [0.1, 0.15) is 258 Å². The van der Waals surface area contributed by atoms with Crippen molar-refractivity contribution in [3.8, 4) is 0 Å². The number of hydrogen-bond acceptors (Lipinski definition) is 6. The van der Waals surface area contributed by atoms with Gasteiger partial charge in [0, 0.05) is 19.3 Å². The number of esters is 3. The van der Waals surface area contributed by atoms with Crippen LogP contribution < -0.4 is 0 Å². The van der Waals surface area contributed by atoms with Crippen molar-refractivity contribution in [1.29, 1.82) is 0 Å². The third kappa shape index (κ3) is 48.1. The highest BCUT2D eigenvalue weighted by molar-refractivity contribution is 5.71. The van der Waals surface area contributed by atoms with Gasteiger partial charge in [-0.05, 0) is 83.5 Å². The Morgan fingerprint density at radius 3 is 1.03 bits per heavy atom. The average molecular weight is 867 g/mol. The number of rotatable bonds is 47. The van der Waals surface area contributed by atoms with Crippen LogP contribution in [0.3, 0.4) is 0 Å². The van der Waals surface area contributed by atoms with Crippen LogP contribution in [0.4, 0.5) is 0 Å². The zero-order valence-electron chi connectivity index (χ0n) is 40.9. The molecule has 6 heteroatoms. The standard InChI is InChI=1S/C56H98O6/c1-4-7-10-13-16-19-22-25-28-31-34-37-40-43-46-49-55(58)61-52-53(51-60-54(57)48-45-42-39-36-33-30-27-24-21-18-15-12-9-6-3)62-56(59)50-47-44-41-38-35-32-29-26-23-20-17-14-11-8-5-2/h7,10,16,19,24-25,27-28,34,37,53H,4-6,8-9,11-15,17-18,20-23,26,29-33,35-36,38-52H2,1-3H3/b10-7-,19-16-,27-24-,28-25-,37-34-. The van der Waals surface area contributed by atoms with E-state index in [9.17, 15) is 14.4 Å². The fourth-order valence-corrected chi connectivity index (χ4v) is 7.31. The molecule has 0 amide bonds. The molecule has 0 aliphatic carbocycles. The van der Waals surface area contributed by atoms with E-state index in [0.29, 0.717) is 19.3 Å². The van der Waals surface area contributed by atoms with E-state index in [2.05, 4.69) is 81.5 Å². The maximum atomic E-state index is 12.8. The molecule has 0 aromatic heterocycles. The molecule has 1 atom stereocenters. The Hall–Kier alpha value is -2.89. The van der Waals surface area contributed by atoms with Gasteiger partial charge in [0.15, 0.2) is 6.10 Å². The summed E-state index contributed by atoms with van der Waals surface area (Å²) in [6, 6.07) is 0. The van der Waals surface area contributed by atoms with E-state index in [-0.39, 0.29) is 31.1 Å². The van der Waals surface area contributed by atoms with E-state index in [1.54, 1.807) is 0 Å². The summed E-state index contributed by atoms with van der Waals surface area (Å²) in [5, 5.41) is 0. The number of allylic oxidation sites excluding steroid dienone is 10. The highest BCUT2D eigenvalue weighted by Gasteiger charge is 2.19. The molecule has 0 aliphatic rings. The highest BCUT2D eigenvalue weighted by Crippen LogP contribution is 2.15. The van der Waals surface area contributed by atoms with Gasteiger partial charge in [-0.3, -0.25) is 14.4 Å². The number of unbranched alkanes of at least 4 members (excludes halogenated alkanes) is 26. The molecule has 0 rings (SSSR count). The Bertz CT molecular complexity index is 1130. The minimum Gasteiger partial charge on any atom is -0.462 e. The van der Waals surface area contributed by atoms with Gasteiger partial charge in [-0.15, -0.1) is 0 Å². The third-order valence-electron chi connectivity index (χ3n) is 11.3. The largest absolute Gasteiger partial charge is 0.462 e. The van der Waals surface area contributed by atoms with Gasteiger partial charge in [0.25, 0.3) is 0 Å².